The van der Waals surface area contributed by atoms with Crippen LogP contribution in [0.3, 0.4) is 0 Å². The summed E-state index contributed by atoms with van der Waals surface area (Å²) in [5.41, 5.74) is 2.89. The number of nitrogens with zero attached hydrogens (tertiary/aromatic N) is 1. The van der Waals surface area contributed by atoms with Crippen LogP contribution in [0.15, 0.2) is 36.4 Å². The van der Waals surface area contributed by atoms with Crippen LogP contribution in [-0.4, -0.2) is 23.6 Å². The van der Waals surface area contributed by atoms with Crippen LogP contribution in [0.1, 0.15) is 63.6 Å². The van der Waals surface area contributed by atoms with E-state index in [1.54, 1.807) is 26.0 Å². The van der Waals surface area contributed by atoms with Crippen LogP contribution < -0.4 is 5.43 Å². The van der Waals surface area contributed by atoms with Gasteiger partial charge in [-0.05, 0) is 48.6 Å². The van der Waals surface area contributed by atoms with Gasteiger partial charge in [0, 0.05) is 6.54 Å². The van der Waals surface area contributed by atoms with Crippen molar-refractivity contribution in [1.29, 1.82) is 0 Å². The minimum atomic E-state index is -4.51. The summed E-state index contributed by atoms with van der Waals surface area (Å²) in [5, 5.41) is 2.41. The molecule has 1 atom stereocenters. The molecule has 0 radical (unpaired) electrons. The molecule has 0 spiro atoms. The van der Waals surface area contributed by atoms with E-state index in [2.05, 4.69) is 12.3 Å². The number of hydrogen-bond acceptors (Lipinski definition) is 2. The number of carbonyl (C=O) groups excluding carboxylic acids is 1. The largest absolute Gasteiger partial charge is 0.409 e. The zero-order valence-electron chi connectivity index (χ0n) is 17.3. The number of nitrogens with one attached hydrogen (secondary N) is 1. The van der Waals surface area contributed by atoms with Crippen LogP contribution in [0.5, 0.6) is 0 Å². The number of amides is 1. The summed E-state index contributed by atoms with van der Waals surface area (Å²) in [6, 6.07) is 8.87. The lowest BCUT2D eigenvalue weighted by atomic mass is 9.92. The number of halogens is 3. The highest BCUT2D eigenvalue weighted by atomic mass is 19.4. The number of rotatable bonds is 7. The normalized spacial score (nSPS) is 18.2. The molecule has 1 saturated heterocycles. The highest BCUT2D eigenvalue weighted by Gasteiger charge is 2.51. The molecule has 0 bridgehead atoms. The second-order valence-electron chi connectivity index (χ2n) is 8.61. The fourth-order valence-electron chi connectivity index (χ4n) is 4.00. The summed E-state index contributed by atoms with van der Waals surface area (Å²) >= 11 is 0. The first-order valence-corrected chi connectivity index (χ1v) is 10.3. The van der Waals surface area contributed by atoms with Gasteiger partial charge in [-0.1, -0.05) is 62.6 Å². The number of benzene rings is 2. The standard InChI is InChI=1S/C23H29F3N2O/c1-4-5-6-7-9-16-12-13-18-17(14-16)10-8-11-19(18)20(23(24,25)26)28-15-22(2,3)21(29)27-28/h8,10-14,20H,4-7,9,15H2,1-3H3,(H,27,29). The van der Waals surface area contributed by atoms with Crippen LogP contribution in [-0.2, 0) is 11.2 Å². The lowest BCUT2D eigenvalue weighted by Crippen LogP contribution is -2.43. The monoisotopic (exact) mass is 406 g/mol. The van der Waals surface area contributed by atoms with Crippen molar-refractivity contribution in [2.75, 3.05) is 6.54 Å². The Morgan fingerprint density at radius 2 is 1.90 bits per heavy atom. The van der Waals surface area contributed by atoms with Crippen molar-refractivity contribution in [2.24, 2.45) is 5.41 Å². The zero-order chi connectivity index (χ0) is 21.2. The Hall–Kier alpha value is -2.08. The molecule has 2 aromatic carbocycles. The quantitative estimate of drug-likeness (QED) is 0.577. The molecule has 1 heterocycles. The summed E-state index contributed by atoms with van der Waals surface area (Å²) in [6.07, 6.45) is 1.03. The lowest BCUT2D eigenvalue weighted by Gasteiger charge is -2.30. The maximum Gasteiger partial charge on any atom is 0.409 e. The molecule has 1 aliphatic heterocycles. The topological polar surface area (TPSA) is 32.3 Å². The fourth-order valence-corrected chi connectivity index (χ4v) is 4.00. The van der Waals surface area contributed by atoms with Gasteiger partial charge in [0.25, 0.3) is 0 Å². The van der Waals surface area contributed by atoms with Crippen LogP contribution in [0.4, 0.5) is 13.2 Å². The molecule has 0 saturated carbocycles. The average Bonchev–Trinajstić information content (AvgIpc) is 2.90. The van der Waals surface area contributed by atoms with E-state index in [1.165, 1.54) is 18.9 Å². The van der Waals surface area contributed by atoms with Gasteiger partial charge in [0.05, 0.1) is 5.41 Å². The van der Waals surface area contributed by atoms with Gasteiger partial charge in [-0.15, -0.1) is 0 Å². The molecule has 1 unspecified atom stereocenters. The number of unbranched alkanes of at least 4 members (excludes halogenated alkanes) is 3. The van der Waals surface area contributed by atoms with Crippen molar-refractivity contribution >= 4 is 16.7 Å². The molecule has 6 heteroatoms. The van der Waals surface area contributed by atoms with E-state index < -0.39 is 17.6 Å². The van der Waals surface area contributed by atoms with E-state index >= 15 is 0 Å². The van der Waals surface area contributed by atoms with Crippen molar-refractivity contribution in [3.8, 4) is 0 Å². The number of aryl methyl sites for hydroxylation is 1. The Bertz CT molecular complexity index is 876. The SMILES string of the molecule is CCCCCCc1ccc2c(C(N3CC(C)(C)C(=O)N3)C(F)(F)F)cccc2c1. The Kier molecular flexibility index (Phi) is 6.22. The maximum absolute atomic E-state index is 14.1. The summed E-state index contributed by atoms with van der Waals surface area (Å²) in [5.74, 6) is -0.388. The van der Waals surface area contributed by atoms with Gasteiger partial charge >= 0.3 is 6.18 Å². The molecule has 1 aliphatic rings. The Morgan fingerprint density at radius 3 is 2.52 bits per heavy atom. The van der Waals surface area contributed by atoms with Gasteiger partial charge < -0.3 is 0 Å². The molecular weight excluding hydrogens is 377 g/mol. The number of hydrogen-bond donors (Lipinski definition) is 1. The third kappa shape index (κ3) is 4.74. The summed E-state index contributed by atoms with van der Waals surface area (Å²) < 4.78 is 42.3. The Morgan fingerprint density at radius 1 is 1.14 bits per heavy atom. The predicted molar refractivity (Wildman–Crippen MR) is 109 cm³/mol. The summed E-state index contributed by atoms with van der Waals surface area (Å²) in [7, 11) is 0. The van der Waals surface area contributed by atoms with E-state index in [1.807, 2.05) is 18.2 Å². The smallest absolute Gasteiger partial charge is 0.287 e. The highest BCUT2D eigenvalue weighted by molar-refractivity contribution is 5.87. The number of alkyl halides is 3. The minimum absolute atomic E-state index is 0.00189. The van der Waals surface area contributed by atoms with Crippen LogP contribution in [0, 0.1) is 5.41 Å². The number of carbonyl (C=O) groups is 1. The molecule has 0 aliphatic carbocycles. The van der Waals surface area contributed by atoms with E-state index in [0.717, 1.165) is 35.2 Å². The first-order valence-electron chi connectivity index (χ1n) is 10.3. The van der Waals surface area contributed by atoms with E-state index in [4.69, 9.17) is 0 Å². The van der Waals surface area contributed by atoms with Crippen LogP contribution in [0.25, 0.3) is 10.8 Å². The van der Waals surface area contributed by atoms with E-state index in [0.29, 0.717) is 5.39 Å². The Labute approximate surface area is 170 Å². The molecule has 2 aromatic rings. The summed E-state index contributed by atoms with van der Waals surface area (Å²) in [4.78, 5) is 12.1. The van der Waals surface area contributed by atoms with Crippen molar-refractivity contribution in [2.45, 2.75) is 65.1 Å². The van der Waals surface area contributed by atoms with E-state index in [9.17, 15) is 18.0 Å². The molecule has 1 N–H and O–H groups in total. The molecule has 158 valence electrons. The first kappa shape index (κ1) is 21.6. The van der Waals surface area contributed by atoms with Gasteiger partial charge in [0.1, 0.15) is 0 Å². The molecule has 29 heavy (non-hydrogen) atoms. The molecular formula is C23H29F3N2O. The average molecular weight is 406 g/mol. The summed E-state index contributed by atoms with van der Waals surface area (Å²) in [6.45, 7) is 5.48. The highest BCUT2D eigenvalue weighted by Crippen LogP contribution is 2.42. The second-order valence-corrected chi connectivity index (χ2v) is 8.61. The van der Waals surface area contributed by atoms with Gasteiger partial charge in [-0.3, -0.25) is 10.2 Å². The maximum atomic E-state index is 14.1. The molecule has 1 amide bonds. The number of hydrazine groups is 1. The predicted octanol–water partition coefficient (Wildman–Crippen LogP) is 5.94. The third-order valence-corrected chi connectivity index (χ3v) is 5.64. The zero-order valence-corrected chi connectivity index (χ0v) is 17.3. The van der Waals surface area contributed by atoms with Gasteiger partial charge in [0.15, 0.2) is 6.04 Å². The lowest BCUT2D eigenvalue weighted by molar-refractivity contribution is -0.191. The molecule has 0 aromatic heterocycles. The Balaban J connectivity index is 1.94. The fraction of sp³-hybridized carbons (Fsp3) is 0.522. The van der Waals surface area contributed by atoms with Crippen molar-refractivity contribution in [3.63, 3.8) is 0 Å². The van der Waals surface area contributed by atoms with Crippen LogP contribution in [0.2, 0.25) is 0 Å². The second kappa shape index (κ2) is 8.34. The molecule has 3 nitrogen and oxygen atoms in total. The minimum Gasteiger partial charge on any atom is -0.287 e. The van der Waals surface area contributed by atoms with Crippen molar-refractivity contribution < 1.29 is 18.0 Å². The third-order valence-electron chi connectivity index (χ3n) is 5.64. The van der Waals surface area contributed by atoms with Crippen LogP contribution >= 0.6 is 0 Å². The number of fused-ring (bicyclic) bond motifs is 1. The van der Waals surface area contributed by atoms with Crippen molar-refractivity contribution in [1.82, 2.24) is 10.4 Å². The van der Waals surface area contributed by atoms with Crippen molar-refractivity contribution in [3.05, 3.63) is 47.5 Å². The van der Waals surface area contributed by atoms with Gasteiger partial charge in [0.2, 0.25) is 5.91 Å². The van der Waals surface area contributed by atoms with E-state index in [-0.39, 0.29) is 18.0 Å². The first-order chi connectivity index (χ1) is 13.6. The molecule has 1 fully saturated rings. The molecule has 3 rings (SSSR count). The van der Waals surface area contributed by atoms with Gasteiger partial charge in [-0.25, -0.2) is 5.01 Å². The van der Waals surface area contributed by atoms with Gasteiger partial charge in [-0.2, -0.15) is 13.2 Å².